The van der Waals surface area contributed by atoms with E-state index < -0.39 is 5.56 Å². The predicted octanol–water partition coefficient (Wildman–Crippen LogP) is 1.95. The zero-order valence-electron chi connectivity index (χ0n) is 10.8. The average Bonchev–Trinajstić information content (AvgIpc) is 2.20. The Kier molecular flexibility index (Phi) is 4.15. The van der Waals surface area contributed by atoms with Crippen molar-refractivity contribution in [3.63, 3.8) is 0 Å². The molecule has 2 N–H and O–H groups in total. The van der Waals surface area contributed by atoms with Gasteiger partial charge >= 0.3 is 0 Å². The molecule has 1 heterocycles. The summed E-state index contributed by atoms with van der Waals surface area (Å²) in [5.41, 5.74) is -0.753. The molecule has 0 aliphatic carbocycles. The highest BCUT2D eigenvalue weighted by Crippen LogP contribution is 2.23. The number of hydrogen-bond donors (Lipinski definition) is 2. The van der Waals surface area contributed by atoms with Gasteiger partial charge in [0, 0.05) is 5.41 Å². The van der Waals surface area contributed by atoms with Crippen LogP contribution >= 0.6 is 0 Å². The molecule has 1 aromatic rings. The summed E-state index contributed by atoms with van der Waals surface area (Å²) in [6.07, 6.45) is 1.80. The van der Waals surface area contributed by atoms with Crippen molar-refractivity contribution in [2.75, 3.05) is 6.61 Å². The largest absolute Gasteiger partial charge is 0.490 e. The summed E-state index contributed by atoms with van der Waals surface area (Å²) in [6, 6.07) is 0. The fraction of sp³-hybridized carbons (Fsp3) is 0.667. The molecule has 0 saturated carbocycles. The van der Waals surface area contributed by atoms with Gasteiger partial charge in [0.15, 0.2) is 0 Å². The van der Waals surface area contributed by atoms with Crippen LogP contribution in [0.25, 0.3) is 0 Å². The summed E-state index contributed by atoms with van der Waals surface area (Å²) in [7, 11) is 0. The Balaban J connectivity index is 2.99. The molecule has 1 rings (SSSR count). The van der Waals surface area contributed by atoms with E-state index in [-0.39, 0.29) is 17.0 Å². The van der Waals surface area contributed by atoms with Gasteiger partial charge in [-0.2, -0.15) is 4.98 Å². The first-order valence-corrected chi connectivity index (χ1v) is 5.82. The molecule has 0 unspecified atom stereocenters. The number of hydrogen-bond acceptors (Lipinski definition) is 4. The molecule has 0 atom stereocenters. The fourth-order valence-electron chi connectivity index (χ4n) is 1.25. The Bertz CT molecular complexity index is 432. The van der Waals surface area contributed by atoms with Gasteiger partial charge < -0.3 is 14.8 Å². The lowest BCUT2D eigenvalue weighted by Crippen LogP contribution is -2.23. The molecule has 0 aliphatic heterocycles. The van der Waals surface area contributed by atoms with Crippen molar-refractivity contribution < 1.29 is 9.84 Å². The summed E-state index contributed by atoms with van der Waals surface area (Å²) >= 11 is 0. The first-order chi connectivity index (χ1) is 7.86. The number of rotatable bonds is 4. The second-order valence-corrected chi connectivity index (χ2v) is 5.02. The van der Waals surface area contributed by atoms with E-state index >= 15 is 0 Å². The molecule has 0 aliphatic rings. The summed E-state index contributed by atoms with van der Waals surface area (Å²) in [4.78, 5) is 18.3. The molecular weight excluding hydrogens is 220 g/mol. The number of aromatic hydroxyl groups is 1. The minimum atomic E-state index is -0.432. The standard InChI is InChI=1S/C12H20N2O3/c1-5-6-7-17-8-9(15)13-11(12(2,3)4)14-10(8)16/h5-7H2,1-4H3,(H2,13,14,15,16). The van der Waals surface area contributed by atoms with Crippen molar-refractivity contribution in [3.05, 3.63) is 16.2 Å². The highest BCUT2D eigenvalue weighted by molar-refractivity contribution is 5.30. The number of ether oxygens (including phenoxy) is 1. The molecule has 0 amide bonds. The van der Waals surface area contributed by atoms with Crippen LogP contribution in [0.2, 0.25) is 0 Å². The van der Waals surface area contributed by atoms with Crippen molar-refractivity contribution in [3.8, 4) is 11.6 Å². The molecule has 0 radical (unpaired) electrons. The van der Waals surface area contributed by atoms with Crippen LogP contribution in [0.1, 0.15) is 46.4 Å². The number of nitrogens with one attached hydrogen (secondary N) is 1. The first-order valence-electron chi connectivity index (χ1n) is 5.82. The van der Waals surface area contributed by atoms with E-state index in [0.29, 0.717) is 12.4 Å². The quantitative estimate of drug-likeness (QED) is 0.789. The van der Waals surface area contributed by atoms with Crippen molar-refractivity contribution >= 4 is 0 Å². The van der Waals surface area contributed by atoms with Gasteiger partial charge in [0.2, 0.25) is 5.75 Å². The zero-order valence-corrected chi connectivity index (χ0v) is 10.8. The Morgan fingerprint density at radius 3 is 2.53 bits per heavy atom. The molecule has 0 bridgehead atoms. The smallest absolute Gasteiger partial charge is 0.297 e. The van der Waals surface area contributed by atoms with Crippen LogP contribution in [0.5, 0.6) is 11.6 Å². The Morgan fingerprint density at radius 2 is 2.06 bits per heavy atom. The van der Waals surface area contributed by atoms with Crippen LogP contribution < -0.4 is 10.3 Å². The third kappa shape index (κ3) is 3.47. The summed E-state index contributed by atoms with van der Waals surface area (Å²) in [6.45, 7) is 8.14. The maximum Gasteiger partial charge on any atom is 0.297 e. The van der Waals surface area contributed by atoms with Crippen LogP contribution in [-0.2, 0) is 5.41 Å². The van der Waals surface area contributed by atoms with Crippen LogP contribution in [0.3, 0.4) is 0 Å². The van der Waals surface area contributed by atoms with Crippen molar-refractivity contribution in [2.45, 2.75) is 46.0 Å². The highest BCUT2D eigenvalue weighted by atomic mass is 16.5. The third-order valence-electron chi connectivity index (χ3n) is 2.31. The van der Waals surface area contributed by atoms with Crippen LogP contribution in [0.15, 0.2) is 4.79 Å². The number of aromatic amines is 1. The topological polar surface area (TPSA) is 75.2 Å². The van der Waals surface area contributed by atoms with Crippen LogP contribution in [0.4, 0.5) is 0 Å². The van der Waals surface area contributed by atoms with Gasteiger partial charge in [-0.1, -0.05) is 34.1 Å². The Morgan fingerprint density at radius 1 is 1.41 bits per heavy atom. The Hall–Kier alpha value is -1.52. The highest BCUT2D eigenvalue weighted by Gasteiger charge is 2.20. The van der Waals surface area contributed by atoms with Gasteiger partial charge in [-0.3, -0.25) is 4.79 Å². The normalized spacial score (nSPS) is 11.5. The van der Waals surface area contributed by atoms with Gasteiger partial charge in [-0.15, -0.1) is 0 Å². The summed E-state index contributed by atoms with van der Waals surface area (Å²) < 4.78 is 5.22. The summed E-state index contributed by atoms with van der Waals surface area (Å²) in [5.74, 6) is 0.0177. The van der Waals surface area contributed by atoms with E-state index in [9.17, 15) is 9.90 Å². The van der Waals surface area contributed by atoms with Gasteiger partial charge in [-0.05, 0) is 6.42 Å². The van der Waals surface area contributed by atoms with Crippen molar-refractivity contribution in [2.24, 2.45) is 0 Å². The second-order valence-electron chi connectivity index (χ2n) is 5.02. The lowest BCUT2D eigenvalue weighted by atomic mass is 9.96. The predicted molar refractivity (Wildman–Crippen MR) is 65.6 cm³/mol. The van der Waals surface area contributed by atoms with Crippen molar-refractivity contribution in [1.29, 1.82) is 0 Å². The molecule has 0 spiro atoms. The molecule has 96 valence electrons. The first kappa shape index (κ1) is 13.5. The number of aromatic nitrogens is 2. The molecule has 1 aromatic heterocycles. The van der Waals surface area contributed by atoms with Gasteiger partial charge in [0.1, 0.15) is 5.82 Å². The molecule has 0 saturated heterocycles. The van der Waals surface area contributed by atoms with Gasteiger partial charge in [-0.25, -0.2) is 0 Å². The third-order valence-corrected chi connectivity index (χ3v) is 2.31. The molecule has 0 aromatic carbocycles. The van der Waals surface area contributed by atoms with Gasteiger partial charge in [0.25, 0.3) is 11.4 Å². The van der Waals surface area contributed by atoms with E-state index in [2.05, 4.69) is 9.97 Å². The molecule has 0 fully saturated rings. The SMILES string of the molecule is CCCCOc1c(O)nc(C(C)(C)C)[nH]c1=O. The maximum atomic E-state index is 11.7. The number of nitrogens with zero attached hydrogens (tertiary/aromatic N) is 1. The minimum absolute atomic E-state index is 0.0913. The van der Waals surface area contributed by atoms with E-state index in [1.165, 1.54) is 0 Å². The van der Waals surface area contributed by atoms with Crippen LogP contribution in [0, 0.1) is 0 Å². The number of unbranched alkanes of at least 4 members (excludes halogenated alkanes) is 1. The molecule has 5 heteroatoms. The Labute approximate surface area is 101 Å². The zero-order chi connectivity index (χ0) is 13.1. The monoisotopic (exact) mass is 240 g/mol. The van der Waals surface area contributed by atoms with Gasteiger partial charge in [0.05, 0.1) is 6.61 Å². The molecular formula is C12H20N2O3. The lowest BCUT2D eigenvalue weighted by molar-refractivity contribution is 0.281. The lowest BCUT2D eigenvalue weighted by Gasteiger charge is -2.17. The minimum Gasteiger partial charge on any atom is -0.490 e. The van der Waals surface area contributed by atoms with E-state index in [1.807, 2.05) is 27.7 Å². The molecule has 5 nitrogen and oxygen atoms in total. The second kappa shape index (κ2) is 5.21. The maximum absolute atomic E-state index is 11.7. The average molecular weight is 240 g/mol. The van der Waals surface area contributed by atoms with Crippen LogP contribution in [-0.4, -0.2) is 21.7 Å². The number of H-pyrrole nitrogens is 1. The fourth-order valence-corrected chi connectivity index (χ4v) is 1.25. The van der Waals surface area contributed by atoms with Crippen molar-refractivity contribution in [1.82, 2.24) is 9.97 Å². The van der Waals surface area contributed by atoms with E-state index in [1.54, 1.807) is 0 Å². The summed E-state index contributed by atoms with van der Waals surface area (Å²) in [5, 5.41) is 9.68. The van der Waals surface area contributed by atoms with E-state index in [4.69, 9.17) is 4.74 Å². The molecule has 17 heavy (non-hydrogen) atoms. The van der Waals surface area contributed by atoms with E-state index in [0.717, 1.165) is 12.8 Å².